The predicted octanol–water partition coefficient (Wildman–Crippen LogP) is 5.21. The van der Waals surface area contributed by atoms with Gasteiger partial charge in [-0.25, -0.2) is 0 Å². The van der Waals surface area contributed by atoms with Crippen LogP contribution >= 0.6 is 0 Å². The Morgan fingerprint density at radius 3 is 2.48 bits per heavy atom. The normalized spacial score (nSPS) is 27.1. The standard InChI is InChI=1S/C26H40N2O3/c1-4-5-14-26(22-8-6-7-9-22)30-20-25(31-26)19-29-24-12-10-23(11-13-24)28-17-15-27(16-18-28)21(2)3/h10-13,22,25H,2,4-9,14-20H2,1,3H3. The Morgan fingerprint density at radius 1 is 1.13 bits per heavy atom. The summed E-state index contributed by atoms with van der Waals surface area (Å²) >= 11 is 0. The molecule has 31 heavy (non-hydrogen) atoms. The molecule has 2 aliphatic heterocycles. The van der Waals surface area contributed by atoms with Crippen LogP contribution < -0.4 is 9.64 Å². The molecule has 0 amide bonds. The molecule has 0 radical (unpaired) electrons. The molecule has 0 N–H and O–H groups in total. The first-order valence-corrected chi connectivity index (χ1v) is 12.3. The summed E-state index contributed by atoms with van der Waals surface area (Å²) in [7, 11) is 0. The number of ether oxygens (including phenoxy) is 3. The minimum atomic E-state index is -0.365. The molecule has 0 aromatic heterocycles. The second kappa shape index (κ2) is 10.3. The van der Waals surface area contributed by atoms with Crippen molar-refractivity contribution in [3.05, 3.63) is 36.5 Å². The Kier molecular flexibility index (Phi) is 7.44. The molecule has 172 valence electrons. The number of piperazine rings is 1. The van der Waals surface area contributed by atoms with E-state index in [2.05, 4.69) is 54.5 Å². The van der Waals surface area contributed by atoms with Gasteiger partial charge >= 0.3 is 0 Å². The Labute approximate surface area is 188 Å². The molecule has 2 heterocycles. The molecule has 1 aromatic rings. The summed E-state index contributed by atoms with van der Waals surface area (Å²) in [5.74, 6) is 1.09. The summed E-state index contributed by atoms with van der Waals surface area (Å²) in [4.78, 5) is 4.78. The number of nitrogens with zero attached hydrogens (tertiary/aromatic N) is 2. The van der Waals surface area contributed by atoms with Crippen molar-refractivity contribution in [2.75, 3.05) is 44.3 Å². The van der Waals surface area contributed by atoms with Gasteiger partial charge in [0.25, 0.3) is 0 Å². The monoisotopic (exact) mass is 428 g/mol. The lowest BCUT2D eigenvalue weighted by molar-refractivity contribution is -0.210. The van der Waals surface area contributed by atoms with Crippen molar-refractivity contribution >= 4 is 5.69 Å². The number of anilines is 1. The number of allylic oxidation sites excluding steroid dienone is 1. The number of rotatable bonds is 9. The second-order valence-corrected chi connectivity index (χ2v) is 9.46. The van der Waals surface area contributed by atoms with E-state index in [1.807, 2.05) is 0 Å². The fraction of sp³-hybridized carbons (Fsp3) is 0.692. The molecular formula is C26H40N2O3. The second-order valence-electron chi connectivity index (χ2n) is 9.46. The van der Waals surface area contributed by atoms with Crippen molar-refractivity contribution in [3.8, 4) is 5.75 Å². The van der Waals surface area contributed by atoms with E-state index < -0.39 is 0 Å². The fourth-order valence-electron chi connectivity index (χ4n) is 5.29. The molecule has 3 fully saturated rings. The quantitative estimate of drug-likeness (QED) is 0.539. The third kappa shape index (κ3) is 5.38. The molecule has 1 saturated carbocycles. The van der Waals surface area contributed by atoms with Gasteiger partial charge in [0, 0.05) is 49.9 Å². The van der Waals surface area contributed by atoms with Gasteiger partial charge in [-0.15, -0.1) is 0 Å². The molecule has 4 rings (SSSR count). The highest BCUT2D eigenvalue weighted by Crippen LogP contribution is 2.44. The number of hydrogen-bond acceptors (Lipinski definition) is 5. The van der Waals surface area contributed by atoms with E-state index >= 15 is 0 Å². The highest BCUT2D eigenvalue weighted by molar-refractivity contribution is 5.49. The van der Waals surface area contributed by atoms with E-state index in [4.69, 9.17) is 14.2 Å². The van der Waals surface area contributed by atoms with Gasteiger partial charge in [-0.05, 0) is 50.5 Å². The molecule has 2 unspecified atom stereocenters. The Morgan fingerprint density at radius 2 is 1.84 bits per heavy atom. The third-order valence-electron chi connectivity index (χ3n) is 7.19. The van der Waals surface area contributed by atoms with Gasteiger partial charge in [0.2, 0.25) is 0 Å². The highest BCUT2D eigenvalue weighted by atomic mass is 16.8. The van der Waals surface area contributed by atoms with Crippen LogP contribution in [0.1, 0.15) is 58.8 Å². The molecule has 0 bridgehead atoms. The molecule has 1 aliphatic carbocycles. The zero-order chi connectivity index (χ0) is 21.7. The van der Waals surface area contributed by atoms with Crippen molar-refractivity contribution in [2.24, 2.45) is 5.92 Å². The largest absolute Gasteiger partial charge is 0.491 e. The van der Waals surface area contributed by atoms with Gasteiger partial charge in [0.1, 0.15) is 18.5 Å². The van der Waals surface area contributed by atoms with Crippen LogP contribution in [0.25, 0.3) is 0 Å². The van der Waals surface area contributed by atoms with Crippen molar-refractivity contribution in [1.82, 2.24) is 4.90 Å². The molecule has 2 atom stereocenters. The van der Waals surface area contributed by atoms with Crippen LogP contribution in [0.3, 0.4) is 0 Å². The highest BCUT2D eigenvalue weighted by Gasteiger charge is 2.48. The van der Waals surface area contributed by atoms with Crippen LogP contribution in [0.5, 0.6) is 5.75 Å². The Hall–Kier alpha value is -1.72. The minimum Gasteiger partial charge on any atom is -0.491 e. The van der Waals surface area contributed by atoms with Crippen molar-refractivity contribution < 1.29 is 14.2 Å². The maximum absolute atomic E-state index is 6.54. The van der Waals surface area contributed by atoms with E-state index in [0.717, 1.165) is 50.5 Å². The third-order valence-corrected chi connectivity index (χ3v) is 7.19. The summed E-state index contributed by atoms with van der Waals surface area (Å²) in [5, 5.41) is 0. The fourth-order valence-corrected chi connectivity index (χ4v) is 5.29. The van der Waals surface area contributed by atoms with Gasteiger partial charge < -0.3 is 24.0 Å². The van der Waals surface area contributed by atoms with Gasteiger partial charge in [-0.2, -0.15) is 0 Å². The van der Waals surface area contributed by atoms with E-state index in [1.54, 1.807) is 0 Å². The maximum Gasteiger partial charge on any atom is 0.171 e. The summed E-state index contributed by atoms with van der Waals surface area (Å²) < 4.78 is 19.0. The lowest BCUT2D eigenvalue weighted by Gasteiger charge is -2.37. The molecule has 1 aromatic carbocycles. The number of benzene rings is 1. The molecule has 5 heteroatoms. The zero-order valence-electron chi connectivity index (χ0n) is 19.5. The Balaban J connectivity index is 1.27. The van der Waals surface area contributed by atoms with Crippen molar-refractivity contribution in [2.45, 2.75) is 70.7 Å². The summed E-state index contributed by atoms with van der Waals surface area (Å²) in [6.45, 7) is 13.7. The van der Waals surface area contributed by atoms with Gasteiger partial charge in [0.05, 0.1) is 6.61 Å². The first kappa shape index (κ1) is 22.5. The lowest BCUT2D eigenvalue weighted by Crippen LogP contribution is -2.45. The van der Waals surface area contributed by atoms with E-state index in [-0.39, 0.29) is 11.9 Å². The average molecular weight is 429 g/mol. The SMILES string of the molecule is C=C(C)N1CCN(c2ccc(OCC3COC(CCCC)(C4CCCC4)O3)cc2)CC1. The topological polar surface area (TPSA) is 34.2 Å². The first-order valence-electron chi connectivity index (χ1n) is 12.3. The van der Waals surface area contributed by atoms with E-state index in [1.165, 1.54) is 37.8 Å². The summed E-state index contributed by atoms with van der Waals surface area (Å²) in [6, 6.07) is 8.50. The van der Waals surface area contributed by atoms with Crippen LogP contribution in [-0.2, 0) is 9.47 Å². The molecular weight excluding hydrogens is 388 g/mol. The van der Waals surface area contributed by atoms with Crippen LogP contribution in [0.2, 0.25) is 0 Å². The first-order chi connectivity index (χ1) is 15.1. The minimum absolute atomic E-state index is 0.0207. The van der Waals surface area contributed by atoms with Crippen molar-refractivity contribution in [3.63, 3.8) is 0 Å². The Bertz CT molecular complexity index is 708. The number of hydrogen-bond donors (Lipinski definition) is 0. The van der Waals surface area contributed by atoms with Gasteiger partial charge in [-0.3, -0.25) is 0 Å². The molecule has 0 spiro atoms. The van der Waals surface area contributed by atoms with Gasteiger partial charge in [0.15, 0.2) is 5.79 Å². The summed E-state index contributed by atoms with van der Waals surface area (Å²) in [6.07, 6.45) is 8.45. The average Bonchev–Trinajstić information content (AvgIpc) is 3.48. The van der Waals surface area contributed by atoms with Crippen LogP contribution in [0, 0.1) is 5.92 Å². The van der Waals surface area contributed by atoms with Crippen LogP contribution in [0.4, 0.5) is 5.69 Å². The predicted molar refractivity (Wildman–Crippen MR) is 126 cm³/mol. The lowest BCUT2D eigenvalue weighted by atomic mass is 9.92. The van der Waals surface area contributed by atoms with Crippen molar-refractivity contribution in [1.29, 1.82) is 0 Å². The molecule has 3 aliphatic rings. The van der Waals surface area contributed by atoms with E-state index in [9.17, 15) is 0 Å². The maximum atomic E-state index is 6.54. The summed E-state index contributed by atoms with van der Waals surface area (Å²) in [5.41, 5.74) is 2.42. The smallest absolute Gasteiger partial charge is 0.171 e. The molecule has 5 nitrogen and oxygen atoms in total. The number of unbranched alkanes of at least 4 members (excludes halogenated alkanes) is 1. The van der Waals surface area contributed by atoms with Crippen LogP contribution in [-0.4, -0.2) is 56.2 Å². The zero-order valence-corrected chi connectivity index (χ0v) is 19.5. The molecule has 2 saturated heterocycles. The van der Waals surface area contributed by atoms with Crippen LogP contribution in [0.15, 0.2) is 36.5 Å². The van der Waals surface area contributed by atoms with E-state index in [0.29, 0.717) is 19.1 Å². The van der Waals surface area contributed by atoms with Gasteiger partial charge in [-0.1, -0.05) is 32.8 Å².